The number of nitriles is 1. The maximum atomic E-state index is 13.9. The highest BCUT2D eigenvalue weighted by Gasteiger charge is 2.13. The molecule has 0 spiro atoms. The molecule has 0 bridgehead atoms. The molecule has 3 aromatic rings. The van der Waals surface area contributed by atoms with Crippen LogP contribution in [0.15, 0.2) is 42.5 Å². The maximum Gasteiger partial charge on any atom is 0.222 e. The second-order valence-electron chi connectivity index (χ2n) is 5.23. The van der Waals surface area contributed by atoms with Gasteiger partial charge in [0.2, 0.25) is 5.95 Å². The quantitative estimate of drug-likeness (QED) is 0.761. The SMILES string of the molecule is COc1ccc(-c2ccc(-c3nc(N)nc(N)c3C#N)cc2)cc1F. The van der Waals surface area contributed by atoms with Crippen LogP contribution in [0.25, 0.3) is 22.4 Å². The number of ether oxygens (including phenoxy) is 1. The van der Waals surface area contributed by atoms with Gasteiger partial charge in [0.25, 0.3) is 0 Å². The number of hydrogen-bond donors (Lipinski definition) is 2. The fourth-order valence-electron chi connectivity index (χ4n) is 2.48. The molecule has 0 amide bonds. The number of hydrogen-bond acceptors (Lipinski definition) is 6. The van der Waals surface area contributed by atoms with E-state index in [0.29, 0.717) is 16.8 Å². The molecular formula is C18H14FN5O. The van der Waals surface area contributed by atoms with E-state index < -0.39 is 5.82 Å². The molecule has 0 fully saturated rings. The van der Waals surface area contributed by atoms with Crippen molar-refractivity contribution >= 4 is 11.8 Å². The van der Waals surface area contributed by atoms with Gasteiger partial charge in [-0.25, -0.2) is 9.37 Å². The van der Waals surface area contributed by atoms with Gasteiger partial charge in [0.05, 0.1) is 12.8 Å². The third kappa shape index (κ3) is 3.05. The van der Waals surface area contributed by atoms with Crippen LogP contribution >= 0.6 is 0 Å². The first kappa shape index (κ1) is 16.2. The smallest absolute Gasteiger partial charge is 0.222 e. The molecule has 0 saturated carbocycles. The molecule has 0 aliphatic heterocycles. The summed E-state index contributed by atoms with van der Waals surface area (Å²) < 4.78 is 18.8. The minimum Gasteiger partial charge on any atom is -0.494 e. The number of nitrogens with two attached hydrogens (primary N) is 2. The molecule has 0 aliphatic rings. The van der Waals surface area contributed by atoms with Crippen LogP contribution in [0.1, 0.15) is 5.56 Å². The van der Waals surface area contributed by atoms with Gasteiger partial charge in [-0.05, 0) is 23.3 Å². The Morgan fingerprint density at radius 2 is 1.64 bits per heavy atom. The Morgan fingerprint density at radius 3 is 2.24 bits per heavy atom. The van der Waals surface area contributed by atoms with E-state index in [1.807, 2.05) is 6.07 Å². The second kappa shape index (κ2) is 6.45. The van der Waals surface area contributed by atoms with Crippen LogP contribution in [0.2, 0.25) is 0 Å². The molecule has 124 valence electrons. The lowest BCUT2D eigenvalue weighted by molar-refractivity contribution is 0.386. The third-order valence-corrected chi connectivity index (χ3v) is 3.71. The Hall–Kier alpha value is -3.66. The monoisotopic (exact) mass is 335 g/mol. The Bertz CT molecular complexity index is 980. The van der Waals surface area contributed by atoms with Crippen molar-refractivity contribution < 1.29 is 9.13 Å². The number of halogens is 1. The van der Waals surface area contributed by atoms with Crippen molar-refractivity contribution in [1.82, 2.24) is 9.97 Å². The Balaban J connectivity index is 2.02. The lowest BCUT2D eigenvalue weighted by atomic mass is 10.0. The summed E-state index contributed by atoms with van der Waals surface area (Å²) in [5.74, 6) is -0.225. The number of aromatic nitrogens is 2. The molecular weight excluding hydrogens is 321 g/mol. The average Bonchev–Trinajstić information content (AvgIpc) is 2.61. The topological polar surface area (TPSA) is 111 Å². The van der Waals surface area contributed by atoms with Crippen LogP contribution in [-0.2, 0) is 0 Å². The Kier molecular flexibility index (Phi) is 4.18. The van der Waals surface area contributed by atoms with E-state index in [0.717, 1.165) is 5.56 Å². The molecule has 25 heavy (non-hydrogen) atoms. The number of nitrogen functional groups attached to an aromatic ring is 2. The number of anilines is 2. The van der Waals surface area contributed by atoms with Crippen molar-refractivity contribution in [1.29, 1.82) is 5.26 Å². The molecule has 1 aromatic heterocycles. The van der Waals surface area contributed by atoms with Crippen molar-refractivity contribution in [2.45, 2.75) is 0 Å². The molecule has 7 heteroatoms. The van der Waals surface area contributed by atoms with E-state index in [1.165, 1.54) is 13.2 Å². The molecule has 0 unspecified atom stereocenters. The van der Waals surface area contributed by atoms with E-state index in [4.69, 9.17) is 16.2 Å². The van der Waals surface area contributed by atoms with Gasteiger partial charge >= 0.3 is 0 Å². The van der Waals surface area contributed by atoms with Gasteiger partial charge in [-0.3, -0.25) is 0 Å². The molecule has 0 radical (unpaired) electrons. The zero-order chi connectivity index (χ0) is 18.0. The molecule has 0 saturated heterocycles. The van der Waals surface area contributed by atoms with Crippen LogP contribution in [0.3, 0.4) is 0 Å². The minimum atomic E-state index is -0.438. The summed E-state index contributed by atoms with van der Waals surface area (Å²) in [5, 5.41) is 9.26. The van der Waals surface area contributed by atoms with Crippen LogP contribution in [0.4, 0.5) is 16.2 Å². The van der Waals surface area contributed by atoms with Gasteiger partial charge in [-0.2, -0.15) is 10.2 Å². The van der Waals surface area contributed by atoms with Gasteiger partial charge < -0.3 is 16.2 Å². The molecule has 0 aliphatic carbocycles. The second-order valence-corrected chi connectivity index (χ2v) is 5.23. The van der Waals surface area contributed by atoms with Gasteiger partial charge in [0, 0.05) is 5.56 Å². The third-order valence-electron chi connectivity index (χ3n) is 3.71. The Labute approximate surface area is 143 Å². The van der Waals surface area contributed by atoms with Gasteiger partial charge in [0.15, 0.2) is 11.6 Å². The Morgan fingerprint density at radius 1 is 1.00 bits per heavy atom. The first-order valence-electron chi connectivity index (χ1n) is 7.31. The normalized spacial score (nSPS) is 10.3. The number of nitrogens with zero attached hydrogens (tertiary/aromatic N) is 3. The molecule has 0 atom stereocenters. The van der Waals surface area contributed by atoms with Gasteiger partial charge in [0.1, 0.15) is 17.5 Å². The number of benzene rings is 2. The number of methoxy groups -OCH3 is 1. The molecule has 3 rings (SSSR count). The first-order valence-corrected chi connectivity index (χ1v) is 7.31. The summed E-state index contributed by atoms with van der Waals surface area (Å²) in [5.41, 5.74) is 14.0. The fourth-order valence-corrected chi connectivity index (χ4v) is 2.48. The van der Waals surface area contributed by atoms with Crippen LogP contribution in [0.5, 0.6) is 5.75 Å². The van der Waals surface area contributed by atoms with Gasteiger partial charge in [-0.1, -0.05) is 30.3 Å². The van der Waals surface area contributed by atoms with Crippen molar-refractivity contribution in [2.75, 3.05) is 18.6 Å². The van der Waals surface area contributed by atoms with Crippen molar-refractivity contribution in [3.63, 3.8) is 0 Å². The predicted octanol–water partition coefficient (Wildman–Crippen LogP) is 2.99. The highest BCUT2D eigenvalue weighted by molar-refractivity contribution is 5.75. The standard InChI is InChI=1S/C18H14FN5O/c1-25-15-7-6-12(8-14(15)19)10-2-4-11(5-3-10)16-13(9-20)17(21)24-18(22)23-16/h2-8H,1H3,(H4,21,22,23,24). The predicted molar refractivity (Wildman–Crippen MR) is 93.0 cm³/mol. The van der Waals surface area contributed by atoms with E-state index in [1.54, 1.807) is 36.4 Å². The zero-order valence-electron chi connectivity index (χ0n) is 13.3. The molecule has 1 heterocycles. The lowest BCUT2D eigenvalue weighted by Gasteiger charge is -2.09. The van der Waals surface area contributed by atoms with E-state index >= 15 is 0 Å². The van der Waals surface area contributed by atoms with Gasteiger partial charge in [-0.15, -0.1) is 0 Å². The van der Waals surface area contributed by atoms with Crippen LogP contribution < -0.4 is 16.2 Å². The van der Waals surface area contributed by atoms with E-state index in [-0.39, 0.29) is 23.1 Å². The molecule has 6 nitrogen and oxygen atoms in total. The highest BCUT2D eigenvalue weighted by Crippen LogP contribution is 2.29. The maximum absolute atomic E-state index is 13.9. The van der Waals surface area contributed by atoms with Crippen molar-refractivity contribution in [2.24, 2.45) is 0 Å². The van der Waals surface area contributed by atoms with Crippen molar-refractivity contribution in [3.8, 4) is 34.2 Å². The lowest BCUT2D eigenvalue weighted by Crippen LogP contribution is -2.04. The summed E-state index contributed by atoms with van der Waals surface area (Å²) in [6, 6.07) is 13.8. The zero-order valence-corrected chi connectivity index (χ0v) is 13.3. The van der Waals surface area contributed by atoms with E-state index in [2.05, 4.69) is 9.97 Å². The largest absolute Gasteiger partial charge is 0.494 e. The number of rotatable bonds is 3. The highest BCUT2D eigenvalue weighted by atomic mass is 19.1. The average molecular weight is 335 g/mol. The molecule has 2 aromatic carbocycles. The van der Waals surface area contributed by atoms with Crippen molar-refractivity contribution in [3.05, 3.63) is 53.8 Å². The summed E-state index contributed by atoms with van der Waals surface area (Å²) in [7, 11) is 1.42. The first-order chi connectivity index (χ1) is 12.0. The summed E-state index contributed by atoms with van der Waals surface area (Å²) in [6.45, 7) is 0. The summed E-state index contributed by atoms with van der Waals surface area (Å²) in [4.78, 5) is 7.89. The minimum absolute atomic E-state index is 0.00666. The summed E-state index contributed by atoms with van der Waals surface area (Å²) >= 11 is 0. The fraction of sp³-hybridized carbons (Fsp3) is 0.0556. The van der Waals surface area contributed by atoms with Crippen LogP contribution in [0, 0.1) is 17.1 Å². The van der Waals surface area contributed by atoms with E-state index in [9.17, 15) is 9.65 Å². The summed E-state index contributed by atoms with van der Waals surface area (Å²) in [6.07, 6.45) is 0. The van der Waals surface area contributed by atoms with Crippen LogP contribution in [-0.4, -0.2) is 17.1 Å². The molecule has 4 N–H and O–H groups in total.